The highest BCUT2D eigenvalue weighted by molar-refractivity contribution is 5.98. The van der Waals surface area contributed by atoms with Crippen LogP contribution in [0.15, 0.2) is 84.9 Å². The van der Waals surface area contributed by atoms with E-state index >= 15 is 0 Å². The zero-order chi connectivity index (χ0) is 20.2. The van der Waals surface area contributed by atoms with Gasteiger partial charge in [0.1, 0.15) is 5.69 Å². The summed E-state index contributed by atoms with van der Waals surface area (Å²) in [5.74, 6) is -0.902. The number of fused-ring (bicyclic) bond motifs is 1. The zero-order valence-corrected chi connectivity index (χ0v) is 16.4. The molecule has 4 heteroatoms. The monoisotopic (exact) mass is 384 g/mol. The molecule has 0 fully saturated rings. The highest BCUT2D eigenvalue weighted by atomic mass is 16.4. The maximum atomic E-state index is 12.3. The highest BCUT2D eigenvalue weighted by Crippen LogP contribution is 2.28. The summed E-state index contributed by atoms with van der Waals surface area (Å²) >= 11 is 0. The minimum absolute atomic E-state index is 0.120. The van der Waals surface area contributed by atoms with E-state index in [0.29, 0.717) is 18.8 Å². The summed E-state index contributed by atoms with van der Waals surface area (Å²) in [5.41, 5.74) is 4.37. The van der Waals surface area contributed by atoms with Crippen molar-refractivity contribution in [1.29, 1.82) is 0 Å². The average molecular weight is 384 g/mol. The second kappa shape index (κ2) is 8.33. The number of benzene rings is 3. The molecule has 0 aliphatic carbocycles. The fraction of sp³-hybridized carbons (Fsp3) is 0.160. The number of aromatic carboxylic acids is 1. The van der Waals surface area contributed by atoms with Crippen LogP contribution in [0.3, 0.4) is 0 Å². The minimum atomic E-state index is -0.902. The van der Waals surface area contributed by atoms with Crippen LogP contribution in [0.1, 0.15) is 40.1 Å². The number of carboxylic acids is 1. The van der Waals surface area contributed by atoms with Gasteiger partial charge in [-0.3, -0.25) is 0 Å². The Balaban J connectivity index is 1.73. The van der Waals surface area contributed by atoms with Crippen molar-refractivity contribution in [2.75, 3.05) is 0 Å². The Morgan fingerprint density at radius 2 is 1.55 bits per heavy atom. The smallest absolute Gasteiger partial charge is 0.352 e. The SMILES string of the molecule is CC(NCc1c(C(=O)O)n(Cc2ccccc2)c2ccccc12)c1ccccc1. The number of nitrogens with zero attached hydrogens (tertiary/aromatic N) is 1. The summed E-state index contributed by atoms with van der Waals surface area (Å²) in [6.45, 7) is 3.11. The first kappa shape index (κ1) is 19.0. The van der Waals surface area contributed by atoms with Crippen LogP contribution >= 0.6 is 0 Å². The number of carboxylic acid groups (broad SMARTS) is 1. The van der Waals surface area contributed by atoms with Crippen molar-refractivity contribution < 1.29 is 9.90 Å². The molecule has 1 unspecified atom stereocenters. The van der Waals surface area contributed by atoms with Crippen LogP contribution < -0.4 is 5.32 Å². The summed E-state index contributed by atoms with van der Waals surface area (Å²) in [7, 11) is 0. The number of aromatic nitrogens is 1. The molecule has 0 aliphatic rings. The number of hydrogen-bond donors (Lipinski definition) is 2. The summed E-state index contributed by atoms with van der Waals surface area (Å²) < 4.78 is 1.91. The molecule has 1 heterocycles. The van der Waals surface area contributed by atoms with Crippen molar-refractivity contribution in [1.82, 2.24) is 9.88 Å². The Bertz CT molecular complexity index is 1120. The van der Waals surface area contributed by atoms with Gasteiger partial charge in [0.25, 0.3) is 0 Å². The van der Waals surface area contributed by atoms with Crippen LogP contribution in [-0.2, 0) is 13.1 Å². The molecule has 0 bridgehead atoms. The quantitative estimate of drug-likeness (QED) is 0.458. The van der Waals surface area contributed by atoms with Crippen molar-refractivity contribution in [3.8, 4) is 0 Å². The summed E-state index contributed by atoms with van der Waals surface area (Å²) in [6, 6.07) is 28.2. The molecule has 1 atom stereocenters. The largest absolute Gasteiger partial charge is 0.477 e. The maximum Gasteiger partial charge on any atom is 0.352 e. The number of hydrogen-bond acceptors (Lipinski definition) is 2. The third-order valence-corrected chi connectivity index (χ3v) is 5.35. The van der Waals surface area contributed by atoms with Crippen LogP contribution in [0.2, 0.25) is 0 Å². The molecule has 3 aromatic carbocycles. The first-order valence-corrected chi connectivity index (χ1v) is 9.81. The third kappa shape index (κ3) is 3.93. The number of para-hydroxylation sites is 1. The molecule has 1 aromatic heterocycles. The molecular weight excluding hydrogens is 360 g/mol. The van der Waals surface area contributed by atoms with Crippen molar-refractivity contribution in [3.05, 3.63) is 107 Å². The van der Waals surface area contributed by atoms with Crippen LogP contribution in [0, 0.1) is 0 Å². The summed E-state index contributed by atoms with van der Waals surface area (Å²) in [5, 5.41) is 14.5. The van der Waals surface area contributed by atoms with Gasteiger partial charge >= 0.3 is 5.97 Å². The Kier molecular flexibility index (Phi) is 5.45. The predicted molar refractivity (Wildman–Crippen MR) is 116 cm³/mol. The van der Waals surface area contributed by atoms with Gasteiger partial charge in [-0.1, -0.05) is 78.9 Å². The van der Waals surface area contributed by atoms with Crippen molar-refractivity contribution in [2.45, 2.75) is 26.1 Å². The standard InChI is InChI=1S/C25H24N2O2/c1-18(20-12-6-3-7-13-20)26-16-22-21-14-8-9-15-23(21)27(24(22)25(28)29)17-19-10-4-2-5-11-19/h2-15,18,26H,16-17H2,1H3,(H,28,29). The lowest BCUT2D eigenvalue weighted by molar-refractivity contribution is 0.0684. The molecular formula is C25H24N2O2. The number of rotatable bonds is 7. The van der Waals surface area contributed by atoms with E-state index in [1.54, 1.807) is 0 Å². The molecule has 0 saturated heterocycles. The van der Waals surface area contributed by atoms with E-state index < -0.39 is 5.97 Å². The van der Waals surface area contributed by atoms with E-state index in [2.05, 4.69) is 24.4 Å². The molecule has 2 N–H and O–H groups in total. The van der Waals surface area contributed by atoms with Crippen LogP contribution in [0.4, 0.5) is 0 Å². The summed E-state index contributed by atoms with van der Waals surface area (Å²) in [6.07, 6.45) is 0. The molecule has 4 rings (SSSR count). The molecule has 4 aromatic rings. The number of carbonyl (C=O) groups is 1. The Hall–Kier alpha value is -3.37. The minimum Gasteiger partial charge on any atom is -0.477 e. The van der Waals surface area contributed by atoms with Gasteiger partial charge in [-0.15, -0.1) is 0 Å². The first-order valence-electron chi connectivity index (χ1n) is 9.81. The van der Waals surface area contributed by atoms with Crippen LogP contribution in [0.5, 0.6) is 0 Å². The molecule has 0 radical (unpaired) electrons. The van der Waals surface area contributed by atoms with E-state index in [1.165, 1.54) is 5.56 Å². The van der Waals surface area contributed by atoms with Gasteiger partial charge in [-0.05, 0) is 24.1 Å². The molecule has 4 nitrogen and oxygen atoms in total. The van der Waals surface area contributed by atoms with Gasteiger partial charge in [-0.2, -0.15) is 0 Å². The van der Waals surface area contributed by atoms with Crippen LogP contribution in [0.25, 0.3) is 10.9 Å². The van der Waals surface area contributed by atoms with E-state index in [1.807, 2.05) is 77.4 Å². The third-order valence-electron chi connectivity index (χ3n) is 5.35. The van der Waals surface area contributed by atoms with Gasteiger partial charge in [0.05, 0.1) is 0 Å². The van der Waals surface area contributed by atoms with Crippen LogP contribution in [-0.4, -0.2) is 15.6 Å². The Labute approximate surface area is 170 Å². The van der Waals surface area contributed by atoms with Crippen molar-refractivity contribution in [2.24, 2.45) is 0 Å². The fourth-order valence-electron chi connectivity index (χ4n) is 3.84. The van der Waals surface area contributed by atoms with E-state index in [4.69, 9.17) is 0 Å². The maximum absolute atomic E-state index is 12.3. The normalized spacial score (nSPS) is 12.2. The Morgan fingerprint density at radius 3 is 2.24 bits per heavy atom. The highest BCUT2D eigenvalue weighted by Gasteiger charge is 2.22. The number of nitrogens with one attached hydrogen (secondary N) is 1. The molecule has 0 aliphatic heterocycles. The molecule has 0 spiro atoms. The zero-order valence-electron chi connectivity index (χ0n) is 16.4. The molecule has 0 amide bonds. The van der Waals surface area contributed by atoms with Gasteiger partial charge < -0.3 is 15.0 Å². The summed E-state index contributed by atoms with van der Waals surface area (Å²) in [4.78, 5) is 12.3. The molecule has 29 heavy (non-hydrogen) atoms. The predicted octanol–water partition coefficient (Wildman–Crippen LogP) is 5.24. The van der Waals surface area contributed by atoms with Crippen molar-refractivity contribution >= 4 is 16.9 Å². The fourth-order valence-corrected chi connectivity index (χ4v) is 3.84. The first-order chi connectivity index (χ1) is 14.1. The van der Waals surface area contributed by atoms with Gasteiger partial charge in [0.15, 0.2) is 0 Å². The second-order valence-corrected chi connectivity index (χ2v) is 7.23. The lowest BCUT2D eigenvalue weighted by Crippen LogP contribution is -2.20. The molecule has 0 saturated carbocycles. The van der Waals surface area contributed by atoms with E-state index in [0.717, 1.165) is 22.0 Å². The van der Waals surface area contributed by atoms with E-state index in [-0.39, 0.29) is 6.04 Å². The van der Waals surface area contributed by atoms with E-state index in [9.17, 15) is 9.90 Å². The lowest BCUT2D eigenvalue weighted by Gasteiger charge is -2.15. The topological polar surface area (TPSA) is 54.3 Å². The average Bonchev–Trinajstić information content (AvgIpc) is 3.07. The second-order valence-electron chi connectivity index (χ2n) is 7.23. The van der Waals surface area contributed by atoms with Gasteiger partial charge in [0, 0.05) is 35.6 Å². The Morgan fingerprint density at radius 1 is 0.931 bits per heavy atom. The van der Waals surface area contributed by atoms with Gasteiger partial charge in [-0.25, -0.2) is 4.79 Å². The van der Waals surface area contributed by atoms with Crippen molar-refractivity contribution in [3.63, 3.8) is 0 Å². The molecule has 146 valence electrons. The van der Waals surface area contributed by atoms with Gasteiger partial charge in [0.2, 0.25) is 0 Å². The lowest BCUT2D eigenvalue weighted by atomic mass is 10.1.